The third-order valence-electron chi connectivity index (χ3n) is 4.75. The van der Waals surface area contributed by atoms with Gasteiger partial charge < -0.3 is 21.1 Å². The lowest BCUT2D eigenvalue weighted by Gasteiger charge is -2.10. The predicted molar refractivity (Wildman–Crippen MR) is 118 cm³/mol. The average Bonchev–Trinajstić information content (AvgIpc) is 3.00. The lowest BCUT2D eigenvalue weighted by atomic mass is 10.0. The molecule has 8 heteroatoms. The van der Waals surface area contributed by atoms with Crippen LogP contribution in [0.15, 0.2) is 33.4 Å². The van der Waals surface area contributed by atoms with Gasteiger partial charge in [0.05, 0.1) is 15.9 Å². The van der Waals surface area contributed by atoms with Crippen molar-refractivity contribution in [3.05, 3.63) is 34.1 Å². The molecule has 148 valence electrons. The van der Waals surface area contributed by atoms with Crippen molar-refractivity contribution in [1.82, 2.24) is 4.57 Å². The topological polar surface area (TPSA) is 114 Å². The molecule has 3 aromatic rings. The summed E-state index contributed by atoms with van der Waals surface area (Å²) in [6.07, 6.45) is 2.17. The molecule has 1 aromatic heterocycles. The molecule has 1 heterocycles. The van der Waals surface area contributed by atoms with Crippen LogP contribution in [0.4, 0.5) is 0 Å². The van der Waals surface area contributed by atoms with Crippen molar-refractivity contribution >= 4 is 44.0 Å². The number of phenols is 1. The summed E-state index contributed by atoms with van der Waals surface area (Å²) < 4.78 is 3.15. The maximum Gasteiger partial charge on any atom is 0.211 e. The standard InChI is InChI=1S/C20H26N6OS/c1-5-6-9-23-20-26(4)16-15-10-13(12(3)24-25-19(21)22)7-8-14(15)17(27)11(2)18(16)28-20/h7-8,10,27H,5-6,9H2,1-4H3,(H4,21,22,25). The molecule has 0 saturated carbocycles. The number of aromatic nitrogens is 1. The van der Waals surface area contributed by atoms with E-state index in [4.69, 9.17) is 16.5 Å². The highest BCUT2D eigenvalue weighted by molar-refractivity contribution is 7.16. The lowest BCUT2D eigenvalue weighted by Crippen LogP contribution is -2.22. The molecular weight excluding hydrogens is 372 g/mol. The molecule has 0 atom stereocenters. The van der Waals surface area contributed by atoms with E-state index < -0.39 is 0 Å². The second kappa shape index (κ2) is 8.02. The van der Waals surface area contributed by atoms with Crippen LogP contribution in [0.2, 0.25) is 0 Å². The Bertz CT molecular complexity index is 1170. The Kier molecular flexibility index (Phi) is 5.69. The van der Waals surface area contributed by atoms with Crippen molar-refractivity contribution < 1.29 is 5.11 Å². The predicted octanol–water partition coefficient (Wildman–Crippen LogP) is 3.11. The van der Waals surface area contributed by atoms with Gasteiger partial charge in [-0.1, -0.05) is 30.7 Å². The number of rotatable bonds is 5. The number of hydrogen-bond donors (Lipinski definition) is 3. The molecule has 0 amide bonds. The number of thiazole rings is 1. The van der Waals surface area contributed by atoms with Crippen LogP contribution in [0.1, 0.15) is 37.8 Å². The summed E-state index contributed by atoms with van der Waals surface area (Å²) in [6.45, 7) is 6.75. The fourth-order valence-corrected chi connectivity index (χ4v) is 4.32. The molecule has 28 heavy (non-hydrogen) atoms. The van der Waals surface area contributed by atoms with Gasteiger partial charge in [-0.05, 0) is 38.0 Å². The Labute approximate surface area is 167 Å². The highest BCUT2D eigenvalue weighted by Gasteiger charge is 2.16. The van der Waals surface area contributed by atoms with Crippen LogP contribution in [-0.2, 0) is 7.05 Å². The summed E-state index contributed by atoms with van der Waals surface area (Å²) in [5.74, 6) is 0.216. The van der Waals surface area contributed by atoms with Gasteiger partial charge in [0.25, 0.3) is 0 Å². The zero-order valence-corrected chi connectivity index (χ0v) is 17.5. The first-order chi connectivity index (χ1) is 13.3. The van der Waals surface area contributed by atoms with Crippen LogP contribution >= 0.6 is 11.3 Å². The first kappa shape index (κ1) is 19.9. The zero-order chi connectivity index (χ0) is 20.4. The van der Waals surface area contributed by atoms with E-state index in [1.54, 1.807) is 11.3 Å². The zero-order valence-electron chi connectivity index (χ0n) is 16.7. The Hall–Kier alpha value is -2.87. The Balaban J connectivity index is 2.31. The van der Waals surface area contributed by atoms with Crippen LogP contribution in [0.25, 0.3) is 21.0 Å². The molecule has 0 aliphatic carbocycles. The van der Waals surface area contributed by atoms with Crippen LogP contribution < -0.4 is 16.3 Å². The van der Waals surface area contributed by atoms with Gasteiger partial charge in [0.1, 0.15) is 5.75 Å². The largest absolute Gasteiger partial charge is 0.507 e. The van der Waals surface area contributed by atoms with Crippen molar-refractivity contribution in [2.75, 3.05) is 6.54 Å². The van der Waals surface area contributed by atoms with E-state index in [0.717, 1.165) is 56.3 Å². The number of nitrogens with two attached hydrogens (primary N) is 2. The Morgan fingerprint density at radius 1 is 1.21 bits per heavy atom. The molecule has 2 aromatic carbocycles. The third-order valence-corrected chi connectivity index (χ3v) is 6.04. The van der Waals surface area contributed by atoms with Gasteiger partial charge in [-0.25, -0.2) is 0 Å². The Morgan fingerprint density at radius 2 is 1.96 bits per heavy atom. The van der Waals surface area contributed by atoms with E-state index in [9.17, 15) is 5.11 Å². The second-order valence-corrected chi connectivity index (χ2v) is 7.78. The number of phenolic OH excluding ortho intramolecular Hbond substituents is 1. The summed E-state index contributed by atoms with van der Waals surface area (Å²) in [5, 5.41) is 20.3. The van der Waals surface area contributed by atoms with Gasteiger partial charge in [0.2, 0.25) is 5.96 Å². The van der Waals surface area contributed by atoms with E-state index in [1.807, 2.05) is 39.1 Å². The fourth-order valence-electron chi connectivity index (χ4n) is 3.16. The van der Waals surface area contributed by atoms with E-state index >= 15 is 0 Å². The summed E-state index contributed by atoms with van der Waals surface area (Å²) >= 11 is 1.61. The molecule has 0 bridgehead atoms. The van der Waals surface area contributed by atoms with Crippen LogP contribution in [0.5, 0.6) is 5.75 Å². The SMILES string of the molecule is CCCCN=c1sc2c(C)c(O)c3ccc(C(C)=NN=C(N)N)cc3c2n1C. The third kappa shape index (κ3) is 3.60. The number of guanidine groups is 1. The second-order valence-electron chi connectivity index (χ2n) is 6.80. The first-order valence-electron chi connectivity index (χ1n) is 9.24. The average molecular weight is 399 g/mol. The van der Waals surface area contributed by atoms with Crippen molar-refractivity contribution in [1.29, 1.82) is 0 Å². The molecule has 0 aliphatic heterocycles. The molecular formula is C20H26N6OS. The van der Waals surface area contributed by atoms with Crippen LogP contribution in [0.3, 0.4) is 0 Å². The highest BCUT2D eigenvalue weighted by atomic mass is 32.1. The van der Waals surface area contributed by atoms with Crippen molar-refractivity contribution in [2.45, 2.75) is 33.6 Å². The van der Waals surface area contributed by atoms with Gasteiger partial charge in [0, 0.05) is 29.9 Å². The van der Waals surface area contributed by atoms with E-state index in [0.29, 0.717) is 11.5 Å². The molecule has 0 saturated heterocycles. The number of aromatic hydroxyl groups is 1. The molecule has 0 fully saturated rings. The number of fused-ring (bicyclic) bond motifs is 3. The van der Waals surface area contributed by atoms with Crippen LogP contribution in [-0.4, -0.2) is 27.9 Å². The van der Waals surface area contributed by atoms with E-state index in [2.05, 4.69) is 21.7 Å². The maximum absolute atomic E-state index is 10.8. The van der Waals surface area contributed by atoms with Gasteiger partial charge in [-0.3, -0.25) is 4.99 Å². The quantitative estimate of drug-likeness (QED) is 0.265. The van der Waals surface area contributed by atoms with Gasteiger partial charge >= 0.3 is 0 Å². The van der Waals surface area contributed by atoms with Crippen LogP contribution in [0, 0.1) is 6.92 Å². The van der Waals surface area contributed by atoms with E-state index in [1.165, 1.54) is 0 Å². The molecule has 3 rings (SSSR count). The molecule has 7 nitrogen and oxygen atoms in total. The first-order valence-corrected chi connectivity index (χ1v) is 10.1. The smallest absolute Gasteiger partial charge is 0.211 e. The summed E-state index contributed by atoms with van der Waals surface area (Å²) in [5.41, 5.74) is 14.2. The Morgan fingerprint density at radius 3 is 2.64 bits per heavy atom. The van der Waals surface area contributed by atoms with Gasteiger partial charge in [0.15, 0.2) is 4.80 Å². The molecule has 0 aliphatic rings. The summed E-state index contributed by atoms with van der Waals surface area (Å²) in [7, 11) is 2.02. The summed E-state index contributed by atoms with van der Waals surface area (Å²) in [6, 6.07) is 5.83. The molecule has 0 spiro atoms. The number of unbranched alkanes of at least 4 members (excludes halogenated alkanes) is 1. The normalized spacial score (nSPS) is 12.9. The molecule has 5 N–H and O–H groups in total. The van der Waals surface area contributed by atoms with Gasteiger partial charge in [-0.15, -0.1) is 5.10 Å². The summed E-state index contributed by atoms with van der Waals surface area (Å²) in [4.78, 5) is 5.70. The molecule has 0 unspecified atom stereocenters. The maximum atomic E-state index is 10.8. The molecule has 0 radical (unpaired) electrons. The van der Waals surface area contributed by atoms with Gasteiger partial charge in [-0.2, -0.15) is 5.10 Å². The minimum Gasteiger partial charge on any atom is -0.507 e. The minimum atomic E-state index is -0.0848. The number of nitrogens with zero attached hydrogens (tertiary/aromatic N) is 4. The fraction of sp³-hybridized carbons (Fsp3) is 0.350. The van der Waals surface area contributed by atoms with Crippen molar-refractivity contribution in [2.24, 2.45) is 33.7 Å². The number of benzene rings is 2. The number of hydrogen-bond acceptors (Lipinski definition) is 5. The van der Waals surface area contributed by atoms with Crippen molar-refractivity contribution in [3.8, 4) is 5.75 Å². The monoisotopic (exact) mass is 398 g/mol. The highest BCUT2D eigenvalue weighted by Crippen LogP contribution is 2.38. The van der Waals surface area contributed by atoms with E-state index in [-0.39, 0.29) is 5.96 Å². The lowest BCUT2D eigenvalue weighted by molar-refractivity contribution is 0.478. The van der Waals surface area contributed by atoms with Crippen molar-refractivity contribution in [3.63, 3.8) is 0 Å². The number of aryl methyl sites for hydroxylation is 2. The minimum absolute atomic E-state index is 0.0848.